The number of benzene rings is 1. The van der Waals surface area contributed by atoms with E-state index in [-0.39, 0.29) is 12.1 Å². The van der Waals surface area contributed by atoms with Crippen LogP contribution in [0, 0.1) is 0 Å². The third-order valence-electron chi connectivity index (χ3n) is 4.76. The third-order valence-corrected chi connectivity index (χ3v) is 5.74. The molecular formula is C22H32N4O2S. The Kier molecular flexibility index (Phi) is 8.80. The maximum Gasteiger partial charge on any atom is 0.191 e. The molecule has 3 rings (SSSR count). The molecule has 1 aromatic carbocycles. The summed E-state index contributed by atoms with van der Waals surface area (Å²) in [6.07, 6.45) is 0.0357. The molecule has 2 N–H and O–H groups in total. The van der Waals surface area contributed by atoms with Crippen molar-refractivity contribution in [3.8, 4) is 5.75 Å². The van der Waals surface area contributed by atoms with Gasteiger partial charge in [0.2, 0.25) is 0 Å². The second-order valence-corrected chi connectivity index (χ2v) is 8.00. The highest BCUT2D eigenvalue weighted by molar-refractivity contribution is 7.10. The van der Waals surface area contributed by atoms with Crippen molar-refractivity contribution in [1.29, 1.82) is 0 Å². The van der Waals surface area contributed by atoms with Crippen LogP contribution in [-0.4, -0.2) is 62.9 Å². The first kappa shape index (κ1) is 21.6. The van der Waals surface area contributed by atoms with Gasteiger partial charge in [0, 0.05) is 24.5 Å². The Morgan fingerprint density at radius 3 is 2.66 bits per heavy atom. The number of thiophene rings is 1. The maximum absolute atomic E-state index is 5.96. The number of aliphatic imine (C=N–C) groups is 1. The highest BCUT2D eigenvalue weighted by atomic mass is 32.1. The Hall–Kier alpha value is -2.09. The van der Waals surface area contributed by atoms with E-state index in [1.807, 2.05) is 30.3 Å². The van der Waals surface area contributed by atoms with Gasteiger partial charge in [-0.05, 0) is 37.4 Å². The van der Waals surface area contributed by atoms with Crippen LogP contribution in [0.5, 0.6) is 5.75 Å². The average Bonchev–Trinajstić information content (AvgIpc) is 3.28. The van der Waals surface area contributed by atoms with E-state index in [2.05, 4.69) is 46.9 Å². The molecule has 2 aromatic rings. The summed E-state index contributed by atoms with van der Waals surface area (Å²) in [7, 11) is 0. The molecule has 6 nitrogen and oxygen atoms in total. The number of ether oxygens (including phenoxy) is 2. The van der Waals surface area contributed by atoms with Crippen LogP contribution in [0.3, 0.4) is 0 Å². The summed E-state index contributed by atoms with van der Waals surface area (Å²) in [6.45, 7) is 9.84. The fourth-order valence-corrected chi connectivity index (χ4v) is 4.14. The zero-order valence-corrected chi connectivity index (χ0v) is 18.2. The summed E-state index contributed by atoms with van der Waals surface area (Å²) in [5, 5.41) is 8.90. The van der Waals surface area contributed by atoms with Gasteiger partial charge in [-0.15, -0.1) is 11.3 Å². The lowest BCUT2D eigenvalue weighted by Crippen LogP contribution is -2.43. The van der Waals surface area contributed by atoms with Crippen molar-refractivity contribution in [2.75, 3.05) is 45.9 Å². The van der Waals surface area contributed by atoms with Crippen molar-refractivity contribution < 1.29 is 9.47 Å². The summed E-state index contributed by atoms with van der Waals surface area (Å²) in [5.41, 5.74) is 0. The number of rotatable bonds is 9. The number of nitrogens with zero attached hydrogens (tertiary/aromatic N) is 2. The van der Waals surface area contributed by atoms with E-state index in [1.165, 1.54) is 4.88 Å². The molecule has 0 radical (unpaired) electrons. The molecular weight excluding hydrogens is 384 g/mol. The lowest BCUT2D eigenvalue weighted by atomic mass is 10.2. The van der Waals surface area contributed by atoms with Crippen LogP contribution in [0.25, 0.3) is 0 Å². The molecule has 0 aliphatic carbocycles. The minimum Gasteiger partial charge on any atom is -0.489 e. The van der Waals surface area contributed by atoms with E-state index in [0.29, 0.717) is 13.1 Å². The second kappa shape index (κ2) is 11.8. The molecule has 1 aromatic heterocycles. The summed E-state index contributed by atoms with van der Waals surface area (Å²) in [4.78, 5) is 8.72. The fraction of sp³-hybridized carbons (Fsp3) is 0.500. The largest absolute Gasteiger partial charge is 0.489 e. The van der Waals surface area contributed by atoms with Gasteiger partial charge in [-0.2, -0.15) is 0 Å². The van der Waals surface area contributed by atoms with Crippen LogP contribution >= 0.6 is 11.3 Å². The monoisotopic (exact) mass is 416 g/mol. The molecule has 7 heteroatoms. The van der Waals surface area contributed by atoms with Crippen LogP contribution in [0.15, 0.2) is 52.8 Å². The van der Waals surface area contributed by atoms with Gasteiger partial charge in [0.05, 0.1) is 32.3 Å². The van der Waals surface area contributed by atoms with Crippen LogP contribution in [-0.2, 0) is 4.74 Å². The van der Waals surface area contributed by atoms with Crippen LogP contribution < -0.4 is 15.4 Å². The van der Waals surface area contributed by atoms with E-state index in [0.717, 1.165) is 44.6 Å². The first-order valence-corrected chi connectivity index (χ1v) is 11.2. The number of guanidine groups is 1. The summed E-state index contributed by atoms with van der Waals surface area (Å²) in [5.74, 6) is 1.71. The van der Waals surface area contributed by atoms with Gasteiger partial charge in [0.25, 0.3) is 0 Å². The van der Waals surface area contributed by atoms with Gasteiger partial charge < -0.3 is 20.1 Å². The minimum absolute atomic E-state index is 0.0357. The Morgan fingerprint density at radius 2 is 1.97 bits per heavy atom. The zero-order chi connectivity index (χ0) is 20.3. The third kappa shape index (κ3) is 7.03. The first-order valence-electron chi connectivity index (χ1n) is 10.4. The van der Waals surface area contributed by atoms with Gasteiger partial charge in [-0.25, -0.2) is 0 Å². The molecule has 158 valence electrons. The quantitative estimate of drug-likeness (QED) is 0.486. The van der Waals surface area contributed by atoms with Crippen molar-refractivity contribution >= 4 is 17.3 Å². The van der Waals surface area contributed by atoms with Crippen molar-refractivity contribution in [3.63, 3.8) is 0 Å². The Bertz CT molecular complexity index is 718. The highest BCUT2D eigenvalue weighted by Gasteiger charge is 2.23. The highest BCUT2D eigenvalue weighted by Crippen LogP contribution is 2.26. The van der Waals surface area contributed by atoms with Crippen LogP contribution in [0.2, 0.25) is 0 Å². The van der Waals surface area contributed by atoms with Gasteiger partial charge in [0.1, 0.15) is 11.9 Å². The Morgan fingerprint density at radius 1 is 1.17 bits per heavy atom. The summed E-state index contributed by atoms with van der Waals surface area (Å²) < 4.78 is 11.5. The lowest BCUT2D eigenvalue weighted by Gasteiger charge is -2.33. The second-order valence-electron chi connectivity index (χ2n) is 7.02. The van der Waals surface area contributed by atoms with E-state index in [1.54, 1.807) is 11.3 Å². The number of para-hydroxylation sites is 1. The standard InChI is InChI=1S/C22H32N4O2S/c1-3-23-22(24-16-18(2)28-19-8-5-4-6-9-19)25-17-20(21-10-7-15-29-21)26-11-13-27-14-12-26/h4-10,15,18,20H,3,11-14,16-17H2,1-2H3,(H2,23,24,25). The van der Waals surface area contributed by atoms with Crippen LogP contribution in [0.1, 0.15) is 24.8 Å². The van der Waals surface area contributed by atoms with Crippen LogP contribution in [0.4, 0.5) is 0 Å². The van der Waals surface area contributed by atoms with Crippen molar-refractivity contribution in [2.45, 2.75) is 26.0 Å². The van der Waals surface area contributed by atoms with E-state index >= 15 is 0 Å². The van der Waals surface area contributed by atoms with E-state index < -0.39 is 0 Å². The Labute approximate surface area is 177 Å². The SMILES string of the molecule is CCNC(=NCC(c1cccs1)N1CCOCC1)NCC(C)Oc1ccccc1. The Balaban J connectivity index is 1.58. The average molecular weight is 417 g/mol. The molecule has 0 bridgehead atoms. The minimum atomic E-state index is 0.0357. The number of nitrogens with one attached hydrogen (secondary N) is 2. The molecule has 2 unspecified atom stereocenters. The smallest absolute Gasteiger partial charge is 0.191 e. The number of hydrogen-bond acceptors (Lipinski definition) is 5. The molecule has 0 spiro atoms. The molecule has 1 aliphatic heterocycles. The summed E-state index contributed by atoms with van der Waals surface area (Å²) >= 11 is 1.80. The number of hydrogen-bond donors (Lipinski definition) is 2. The van der Waals surface area contributed by atoms with Crippen molar-refractivity contribution in [3.05, 3.63) is 52.7 Å². The molecule has 1 aliphatic rings. The van der Waals surface area contributed by atoms with Gasteiger partial charge >= 0.3 is 0 Å². The number of morpholine rings is 1. The van der Waals surface area contributed by atoms with E-state index in [9.17, 15) is 0 Å². The summed E-state index contributed by atoms with van der Waals surface area (Å²) in [6, 6.07) is 14.5. The van der Waals surface area contributed by atoms with Gasteiger partial charge in [-0.3, -0.25) is 9.89 Å². The predicted octanol–water partition coefficient (Wildman–Crippen LogP) is 3.14. The normalized spacial score (nSPS) is 17.5. The lowest BCUT2D eigenvalue weighted by molar-refractivity contribution is 0.0186. The van der Waals surface area contributed by atoms with Crippen molar-refractivity contribution in [2.24, 2.45) is 4.99 Å². The van der Waals surface area contributed by atoms with Gasteiger partial charge in [0.15, 0.2) is 5.96 Å². The topological polar surface area (TPSA) is 58.1 Å². The zero-order valence-electron chi connectivity index (χ0n) is 17.3. The fourth-order valence-electron chi connectivity index (χ4n) is 3.29. The first-order chi connectivity index (χ1) is 14.3. The molecule has 1 fully saturated rings. The van der Waals surface area contributed by atoms with Crippen molar-refractivity contribution in [1.82, 2.24) is 15.5 Å². The molecule has 2 heterocycles. The molecule has 2 atom stereocenters. The molecule has 29 heavy (non-hydrogen) atoms. The van der Waals surface area contributed by atoms with Gasteiger partial charge in [-0.1, -0.05) is 24.3 Å². The van der Waals surface area contributed by atoms with E-state index in [4.69, 9.17) is 14.5 Å². The molecule has 0 amide bonds. The maximum atomic E-state index is 5.96. The molecule has 1 saturated heterocycles. The predicted molar refractivity (Wildman–Crippen MR) is 120 cm³/mol. The molecule has 0 saturated carbocycles.